The predicted octanol–water partition coefficient (Wildman–Crippen LogP) is 6.38. The average Bonchev–Trinajstić information content (AvgIpc) is 3.64. The van der Waals surface area contributed by atoms with Crippen LogP contribution in [0.3, 0.4) is 0 Å². The first-order valence-corrected chi connectivity index (χ1v) is 11.3. The van der Waals surface area contributed by atoms with Gasteiger partial charge in [-0.05, 0) is 60.0 Å². The molecule has 0 spiro atoms. The lowest BCUT2D eigenvalue weighted by Gasteiger charge is -2.09. The van der Waals surface area contributed by atoms with Gasteiger partial charge in [0.05, 0.1) is 0 Å². The quantitative estimate of drug-likeness (QED) is 0.338. The molecule has 0 radical (unpaired) electrons. The lowest BCUT2D eigenvalue weighted by molar-refractivity contribution is 0.102. The Balaban J connectivity index is 1.15. The maximum atomic E-state index is 12.7. The fourth-order valence-electron chi connectivity index (χ4n) is 3.98. The molecule has 4 aromatic carbocycles. The van der Waals surface area contributed by atoms with Crippen molar-refractivity contribution in [1.82, 2.24) is 5.32 Å². The van der Waals surface area contributed by atoms with Crippen LogP contribution in [0.5, 0.6) is 11.5 Å². The molecule has 4 aromatic rings. The van der Waals surface area contributed by atoms with Gasteiger partial charge in [0.1, 0.15) is 11.5 Å². The van der Waals surface area contributed by atoms with Crippen molar-refractivity contribution >= 4 is 11.6 Å². The van der Waals surface area contributed by atoms with E-state index in [1.807, 2.05) is 60.7 Å². The minimum absolute atomic E-state index is 0.157. The molecule has 4 nitrogen and oxygen atoms in total. The van der Waals surface area contributed by atoms with Crippen LogP contribution in [-0.4, -0.2) is 11.9 Å². The molecule has 1 aliphatic rings. The summed E-state index contributed by atoms with van der Waals surface area (Å²) >= 11 is 0. The van der Waals surface area contributed by atoms with E-state index in [0.717, 1.165) is 24.4 Å². The summed E-state index contributed by atoms with van der Waals surface area (Å²) in [4.78, 5) is 12.7. The van der Waals surface area contributed by atoms with E-state index < -0.39 is 0 Å². The third-order valence-corrected chi connectivity index (χ3v) is 5.87. The number of rotatable bonds is 8. The fourth-order valence-corrected chi connectivity index (χ4v) is 3.98. The van der Waals surface area contributed by atoms with E-state index in [4.69, 9.17) is 4.74 Å². The molecular formula is C29H26N2O2. The number of anilines is 1. The Labute approximate surface area is 194 Å². The summed E-state index contributed by atoms with van der Waals surface area (Å²) in [6.45, 7) is 0.892. The molecule has 2 atom stereocenters. The third kappa shape index (κ3) is 5.48. The predicted molar refractivity (Wildman–Crippen MR) is 132 cm³/mol. The normalized spacial score (nSPS) is 16.7. The standard InChI is InChI=1S/C29H26N2O2/c32-29(23-10-7-13-26(18-23)33-25-11-5-2-6-12-25)31-24-16-14-22(15-17-24)27-19-28(27)30-20-21-8-3-1-4-9-21/h1-18,27-28,30H,19-20H2,(H,31,32)/t27-,28+/m0/s1. The Morgan fingerprint density at radius 2 is 1.48 bits per heavy atom. The molecule has 0 heterocycles. The fraction of sp³-hybridized carbons (Fsp3) is 0.138. The Bertz CT molecular complexity index is 1210. The van der Waals surface area contributed by atoms with E-state index in [1.165, 1.54) is 11.1 Å². The first-order valence-electron chi connectivity index (χ1n) is 11.3. The summed E-state index contributed by atoms with van der Waals surface area (Å²) in [6, 6.07) is 35.9. The molecule has 2 N–H and O–H groups in total. The maximum Gasteiger partial charge on any atom is 0.255 e. The van der Waals surface area contributed by atoms with Crippen molar-refractivity contribution in [3.63, 3.8) is 0 Å². The zero-order valence-corrected chi connectivity index (χ0v) is 18.3. The second-order valence-electron chi connectivity index (χ2n) is 8.33. The van der Waals surface area contributed by atoms with Gasteiger partial charge in [0.25, 0.3) is 5.91 Å². The summed E-state index contributed by atoms with van der Waals surface area (Å²) < 4.78 is 5.84. The van der Waals surface area contributed by atoms with Gasteiger partial charge < -0.3 is 15.4 Å². The monoisotopic (exact) mass is 434 g/mol. The largest absolute Gasteiger partial charge is 0.457 e. The molecule has 0 unspecified atom stereocenters. The van der Waals surface area contributed by atoms with Crippen molar-refractivity contribution in [2.45, 2.75) is 24.9 Å². The van der Waals surface area contributed by atoms with Gasteiger partial charge in [-0.15, -0.1) is 0 Å². The number of carbonyl (C=O) groups is 1. The highest BCUT2D eigenvalue weighted by Gasteiger charge is 2.37. The van der Waals surface area contributed by atoms with Crippen molar-refractivity contribution < 1.29 is 9.53 Å². The molecule has 1 saturated carbocycles. The van der Waals surface area contributed by atoms with Crippen LogP contribution in [0.15, 0.2) is 109 Å². The highest BCUT2D eigenvalue weighted by molar-refractivity contribution is 6.04. The number of benzene rings is 4. The average molecular weight is 435 g/mol. The van der Waals surface area contributed by atoms with Crippen LogP contribution in [0.25, 0.3) is 0 Å². The van der Waals surface area contributed by atoms with Gasteiger partial charge in [0, 0.05) is 29.8 Å². The Kier molecular flexibility index (Phi) is 6.18. The minimum Gasteiger partial charge on any atom is -0.457 e. The molecule has 0 saturated heterocycles. The molecule has 0 aliphatic heterocycles. The van der Waals surface area contributed by atoms with Crippen molar-refractivity contribution in [3.05, 3.63) is 126 Å². The number of hydrogen-bond donors (Lipinski definition) is 2. The van der Waals surface area contributed by atoms with Crippen molar-refractivity contribution in [2.24, 2.45) is 0 Å². The van der Waals surface area contributed by atoms with Gasteiger partial charge in [-0.25, -0.2) is 0 Å². The van der Waals surface area contributed by atoms with Gasteiger partial charge >= 0.3 is 0 Å². The van der Waals surface area contributed by atoms with Crippen LogP contribution in [-0.2, 0) is 6.54 Å². The van der Waals surface area contributed by atoms with Crippen LogP contribution >= 0.6 is 0 Å². The van der Waals surface area contributed by atoms with Crippen LogP contribution in [0.2, 0.25) is 0 Å². The van der Waals surface area contributed by atoms with Crippen LogP contribution < -0.4 is 15.4 Å². The van der Waals surface area contributed by atoms with E-state index in [0.29, 0.717) is 23.3 Å². The van der Waals surface area contributed by atoms with Crippen molar-refractivity contribution in [3.8, 4) is 11.5 Å². The lowest BCUT2D eigenvalue weighted by Crippen LogP contribution is -2.17. The van der Waals surface area contributed by atoms with Gasteiger partial charge in [-0.2, -0.15) is 0 Å². The van der Waals surface area contributed by atoms with Crippen LogP contribution in [0, 0.1) is 0 Å². The van der Waals surface area contributed by atoms with Crippen molar-refractivity contribution in [2.75, 3.05) is 5.32 Å². The van der Waals surface area contributed by atoms with Gasteiger partial charge in [-0.3, -0.25) is 4.79 Å². The molecule has 1 aliphatic carbocycles. The maximum absolute atomic E-state index is 12.7. The first kappa shape index (κ1) is 21.0. The molecule has 33 heavy (non-hydrogen) atoms. The van der Waals surface area contributed by atoms with Gasteiger partial charge in [-0.1, -0.05) is 66.7 Å². The van der Waals surface area contributed by atoms with Crippen LogP contribution in [0.4, 0.5) is 5.69 Å². The lowest BCUT2D eigenvalue weighted by atomic mass is 10.1. The number of para-hydroxylation sites is 1. The second-order valence-corrected chi connectivity index (χ2v) is 8.33. The second kappa shape index (κ2) is 9.72. The SMILES string of the molecule is O=C(Nc1ccc([C@@H]2C[C@H]2NCc2ccccc2)cc1)c1cccc(Oc2ccccc2)c1. The van der Waals surface area contributed by atoms with Gasteiger partial charge in [0.15, 0.2) is 0 Å². The number of nitrogens with one attached hydrogen (secondary N) is 2. The zero-order chi connectivity index (χ0) is 22.5. The number of ether oxygens (including phenoxy) is 1. The zero-order valence-electron chi connectivity index (χ0n) is 18.3. The molecular weight excluding hydrogens is 408 g/mol. The van der Waals surface area contributed by atoms with E-state index in [1.54, 1.807) is 12.1 Å². The topological polar surface area (TPSA) is 50.4 Å². The summed E-state index contributed by atoms with van der Waals surface area (Å²) in [7, 11) is 0. The first-order chi connectivity index (χ1) is 16.2. The van der Waals surface area contributed by atoms with Crippen molar-refractivity contribution in [1.29, 1.82) is 0 Å². The van der Waals surface area contributed by atoms with Crippen LogP contribution in [0.1, 0.15) is 33.8 Å². The molecule has 1 amide bonds. The summed E-state index contributed by atoms with van der Waals surface area (Å²) in [5.74, 6) is 1.75. The van der Waals surface area contributed by atoms with E-state index >= 15 is 0 Å². The molecule has 164 valence electrons. The summed E-state index contributed by atoms with van der Waals surface area (Å²) in [6.07, 6.45) is 1.15. The molecule has 5 rings (SSSR count). The number of amides is 1. The van der Waals surface area contributed by atoms with E-state index in [-0.39, 0.29) is 5.91 Å². The summed E-state index contributed by atoms with van der Waals surface area (Å²) in [5, 5.41) is 6.61. The highest BCUT2D eigenvalue weighted by atomic mass is 16.5. The van der Waals surface area contributed by atoms with E-state index in [2.05, 4.69) is 47.0 Å². The highest BCUT2D eigenvalue weighted by Crippen LogP contribution is 2.41. The summed E-state index contributed by atoms with van der Waals surface area (Å²) in [5.41, 5.74) is 3.95. The molecule has 1 fully saturated rings. The smallest absolute Gasteiger partial charge is 0.255 e. The molecule has 0 bridgehead atoms. The van der Waals surface area contributed by atoms with E-state index in [9.17, 15) is 4.79 Å². The third-order valence-electron chi connectivity index (χ3n) is 5.87. The Hall–Kier alpha value is -3.89. The molecule has 4 heteroatoms. The Morgan fingerprint density at radius 3 is 2.24 bits per heavy atom. The minimum atomic E-state index is -0.157. The molecule has 0 aromatic heterocycles. The van der Waals surface area contributed by atoms with Gasteiger partial charge in [0.2, 0.25) is 0 Å². The number of hydrogen-bond acceptors (Lipinski definition) is 3. The Morgan fingerprint density at radius 1 is 0.788 bits per heavy atom. The number of carbonyl (C=O) groups excluding carboxylic acids is 1.